The van der Waals surface area contributed by atoms with Crippen LogP contribution in [0.4, 0.5) is 5.69 Å². The van der Waals surface area contributed by atoms with Gasteiger partial charge in [0.1, 0.15) is 0 Å². The molecule has 0 aromatic heterocycles. The Labute approximate surface area is 114 Å². The van der Waals surface area contributed by atoms with Crippen LogP contribution in [0, 0.1) is 12.8 Å². The first-order chi connectivity index (χ1) is 8.51. The normalized spacial score (nSPS) is 11.7. The van der Waals surface area contributed by atoms with Crippen molar-refractivity contribution < 1.29 is 4.79 Å². The molecule has 0 radical (unpaired) electrons. The molecule has 0 saturated carbocycles. The van der Waals surface area contributed by atoms with Crippen molar-refractivity contribution in [3.8, 4) is 0 Å². The Morgan fingerprint density at radius 2 is 1.94 bits per heavy atom. The minimum Gasteiger partial charge on any atom is -0.332 e. The maximum absolute atomic E-state index is 11.6. The van der Waals surface area contributed by atoms with E-state index in [0.29, 0.717) is 17.5 Å². The minimum absolute atomic E-state index is 0.0334. The highest BCUT2D eigenvalue weighted by Gasteiger charge is 2.08. The lowest BCUT2D eigenvalue weighted by atomic mass is 10.1. The van der Waals surface area contributed by atoms with Crippen molar-refractivity contribution in [3.05, 3.63) is 29.8 Å². The van der Waals surface area contributed by atoms with Gasteiger partial charge in [0.15, 0.2) is 5.11 Å². The fourth-order valence-corrected chi connectivity index (χ4v) is 1.67. The Kier molecular flexibility index (Phi) is 5.78. The predicted octanol–water partition coefficient (Wildman–Crippen LogP) is 3.24. The van der Waals surface area contributed by atoms with E-state index in [-0.39, 0.29) is 5.91 Å². The molecule has 1 unspecified atom stereocenters. The number of aryl methyl sites for hydroxylation is 1. The minimum atomic E-state index is -0.0334. The van der Waals surface area contributed by atoms with Crippen LogP contribution in [0.25, 0.3) is 0 Å². The molecule has 0 spiro atoms. The molecule has 1 aromatic carbocycles. The number of carbonyl (C=O) groups is 1. The number of anilines is 1. The molecule has 0 aliphatic carbocycles. The molecule has 0 saturated heterocycles. The molecule has 0 fully saturated rings. The second-order valence-corrected chi connectivity index (χ2v) is 4.99. The van der Waals surface area contributed by atoms with Crippen LogP contribution in [0.15, 0.2) is 24.3 Å². The largest absolute Gasteiger partial charge is 0.332 e. The second-order valence-electron chi connectivity index (χ2n) is 4.59. The van der Waals surface area contributed by atoms with E-state index < -0.39 is 0 Å². The zero-order chi connectivity index (χ0) is 13.5. The van der Waals surface area contributed by atoms with E-state index in [1.54, 1.807) is 0 Å². The summed E-state index contributed by atoms with van der Waals surface area (Å²) in [6, 6.07) is 7.85. The van der Waals surface area contributed by atoms with E-state index >= 15 is 0 Å². The van der Waals surface area contributed by atoms with Crippen LogP contribution < -0.4 is 10.6 Å². The van der Waals surface area contributed by atoms with Crippen molar-refractivity contribution in [2.45, 2.75) is 33.6 Å². The highest BCUT2D eigenvalue weighted by Crippen LogP contribution is 2.09. The quantitative estimate of drug-likeness (QED) is 0.820. The summed E-state index contributed by atoms with van der Waals surface area (Å²) in [4.78, 5) is 11.6. The monoisotopic (exact) mass is 264 g/mol. The first-order valence-electron chi connectivity index (χ1n) is 6.18. The summed E-state index contributed by atoms with van der Waals surface area (Å²) in [5, 5.41) is 6.03. The smallest absolute Gasteiger partial charge is 0.226 e. The van der Waals surface area contributed by atoms with Crippen molar-refractivity contribution in [3.63, 3.8) is 0 Å². The number of hydrogen-bond donors (Lipinski definition) is 2. The van der Waals surface area contributed by atoms with Crippen LogP contribution in [0.5, 0.6) is 0 Å². The summed E-state index contributed by atoms with van der Waals surface area (Å²) >= 11 is 5.09. The van der Waals surface area contributed by atoms with Gasteiger partial charge in [-0.2, -0.15) is 0 Å². The van der Waals surface area contributed by atoms with Crippen LogP contribution in [0.3, 0.4) is 0 Å². The van der Waals surface area contributed by atoms with E-state index in [9.17, 15) is 4.79 Å². The molecule has 3 nitrogen and oxygen atoms in total. The number of hydrogen-bond acceptors (Lipinski definition) is 2. The van der Waals surface area contributed by atoms with Crippen molar-refractivity contribution in [1.82, 2.24) is 5.32 Å². The van der Waals surface area contributed by atoms with Gasteiger partial charge in [0.05, 0.1) is 0 Å². The molecule has 18 heavy (non-hydrogen) atoms. The molecular weight excluding hydrogens is 244 g/mol. The van der Waals surface area contributed by atoms with Crippen molar-refractivity contribution in [1.29, 1.82) is 0 Å². The highest BCUT2D eigenvalue weighted by molar-refractivity contribution is 7.80. The number of benzene rings is 1. The third-order valence-corrected chi connectivity index (χ3v) is 3.00. The topological polar surface area (TPSA) is 41.1 Å². The predicted molar refractivity (Wildman–Crippen MR) is 79.6 cm³/mol. The average Bonchev–Trinajstić information content (AvgIpc) is 2.31. The lowest BCUT2D eigenvalue weighted by Gasteiger charge is -2.11. The first-order valence-corrected chi connectivity index (χ1v) is 6.59. The summed E-state index contributed by atoms with van der Waals surface area (Å²) in [7, 11) is 0. The molecule has 2 N–H and O–H groups in total. The SMILES string of the molecule is CCC(C)CC(=O)NC(=S)Nc1ccc(C)cc1. The fourth-order valence-electron chi connectivity index (χ4n) is 1.44. The Morgan fingerprint density at radius 3 is 2.50 bits per heavy atom. The number of thiocarbonyl (C=S) groups is 1. The number of amides is 1. The standard InChI is InChI=1S/C14H20N2OS/c1-4-10(2)9-13(17)16-14(18)15-12-7-5-11(3)6-8-12/h5-8,10H,4,9H2,1-3H3,(H2,15,16,17,18). The summed E-state index contributed by atoms with van der Waals surface area (Å²) in [6.07, 6.45) is 1.50. The summed E-state index contributed by atoms with van der Waals surface area (Å²) in [5.74, 6) is 0.348. The van der Waals surface area contributed by atoms with Gasteiger partial charge in [-0.15, -0.1) is 0 Å². The van der Waals surface area contributed by atoms with E-state index in [2.05, 4.69) is 24.5 Å². The van der Waals surface area contributed by atoms with Gasteiger partial charge in [-0.25, -0.2) is 0 Å². The molecule has 0 aliphatic rings. The lowest BCUT2D eigenvalue weighted by molar-refractivity contribution is -0.120. The maximum Gasteiger partial charge on any atom is 0.226 e. The van der Waals surface area contributed by atoms with Crippen LogP contribution in [0.2, 0.25) is 0 Å². The summed E-state index contributed by atoms with van der Waals surface area (Å²) in [5.41, 5.74) is 2.07. The van der Waals surface area contributed by atoms with Gasteiger partial charge in [0.2, 0.25) is 5.91 Å². The average molecular weight is 264 g/mol. The highest BCUT2D eigenvalue weighted by atomic mass is 32.1. The Bertz CT molecular complexity index is 414. The van der Waals surface area contributed by atoms with Gasteiger partial charge in [0.25, 0.3) is 0 Å². The van der Waals surface area contributed by atoms with E-state index in [1.807, 2.05) is 31.2 Å². The third kappa shape index (κ3) is 5.27. The Morgan fingerprint density at radius 1 is 1.33 bits per heavy atom. The second kappa shape index (κ2) is 7.11. The van der Waals surface area contributed by atoms with Crippen molar-refractivity contribution >= 4 is 28.9 Å². The van der Waals surface area contributed by atoms with Gasteiger partial charge in [-0.1, -0.05) is 38.0 Å². The molecule has 4 heteroatoms. The van der Waals surface area contributed by atoms with Gasteiger partial charge in [-0.3, -0.25) is 4.79 Å². The van der Waals surface area contributed by atoms with Crippen molar-refractivity contribution in [2.24, 2.45) is 5.92 Å². The zero-order valence-electron chi connectivity index (χ0n) is 11.1. The number of nitrogens with one attached hydrogen (secondary N) is 2. The Hall–Kier alpha value is -1.42. The van der Waals surface area contributed by atoms with E-state index in [1.165, 1.54) is 5.56 Å². The van der Waals surface area contributed by atoms with Crippen LogP contribution in [-0.2, 0) is 4.79 Å². The first kappa shape index (κ1) is 14.6. The maximum atomic E-state index is 11.6. The molecule has 0 aliphatic heterocycles. The molecular formula is C14H20N2OS. The molecule has 0 bridgehead atoms. The Balaban J connectivity index is 2.42. The van der Waals surface area contributed by atoms with Crippen molar-refractivity contribution in [2.75, 3.05) is 5.32 Å². The van der Waals surface area contributed by atoms with Crippen LogP contribution >= 0.6 is 12.2 Å². The number of rotatable bonds is 4. The van der Waals surface area contributed by atoms with Gasteiger partial charge in [0, 0.05) is 12.1 Å². The van der Waals surface area contributed by atoms with Gasteiger partial charge in [-0.05, 0) is 37.2 Å². The van der Waals surface area contributed by atoms with E-state index in [4.69, 9.17) is 12.2 Å². The van der Waals surface area contributed by atoms with E-state index in [0.717, 1.165) is 12.1 Å². The van der Waals surface area contributed by atoms with Gasteiger partial charge < -0.3 is 10.6 Å². The van der Waals surface area contributed by atoms with Crippen LogP contribution in [-0.4, -0.2) is 11.0 Å². The van der Waals surface area contributed by atoms with Gasteiger partial charge >= 0.3 is 0 Å². The lowest BCUT2D eigenvalue weighted by Crippen LogP contribution is -2.34. The third-order valence-electron chi connectivity index (χ3n) is 2.79. The molecule has 0 heterocycles. The molecule has 1 atom stereocenters. The molecule has 1 amide bonds. The zero-order valence-corrected chi connectivity index (χ0v) is 11.9. The summed E-state index contributed by atoms with van der Waals surface area (Å²) < 4.78 is 0. The molecule has 1 aromatic rings. The summed E-state index contributed by atoms with van der Waals surface area (Å²) in [6.45, 7) is 6.15. The molecule has 1 rings (SSSR count). The fraction of sp³-hybridized carbons (Fsp3) is 0.429. The number of carbonyl (C=O) groups excluding carboxylic acids is 1. The molecule has 98 valence electrons. The van der Waals surface area contributed by atoms with Crippen LogP contribution in [0.1, 0.15) is 32.3 Å².